The number of carbonyl (C=O) groups excluding carboxylic acids is 1. The maximum atomic E-state index is 11.6. The Morgan fingerprint density at radius 2 is 2.19 bits per heavy atom. The van der Waals surface area contributed by atoms with Crippen LogP contribution in [-0.4, -0.2) is 42.9 Å². The molecule has 4 nitrogen and oxygen atoms in total. The molecule has 0 aromatic carbocycles. The van der Waals surface area contributed by atoms with Gasteiger partial charge in [-0.15, -0.1) is 0 Å². The number of hydrogen-bond donors (Lipinski definition) is 1. The molecular weight excluding hydrogens is 202 g/mol. The van der Waals surface area contributed by atoms with Crippen LogP contribution in [0.5, 0.6) is 0 Å². The van der Waals surface area contributed by atoms with Gasteiger partial charge >= 0.3 is 0 Å². The second kappa shape index (κ2) is 6.26. The van der Waals surface area contributed by atoms with Crippen molar-refractivity contribution in [3.8, 4) is 0 Å². The van der Waals surface area contributed by atoms with E-state index >= 15 is 0 Å². The highest BCUT2D eigenvalue weighted by atomic mass is 16.2. The maximum absolute atomic E-state index is 11.6. The molecule has 0 saturated heterocycles. The van der Waals surface area contributed by atoms with E-state index in [0.29, 0.717) is 12.2 Å². The van der Waals surface area contributed by atoms with Crippen LogP contribution in [0.25, 0.3) is 0 Å². The first kappa shape index (κ1) is 12.7. The molecule has 1 N–H and O–H groups in total. The van der Waals surface area contributed by atoms with Crippen LogP contribution in [-0.2, 0) is 4.79 Å². The van der Waals surface area contributed by atoms with Crippen molar-refractivity contribution in [2.45, 2.75) is 20.8 Å². The second-order valence-electron chi connectivity index (χ2n) is 3.72. The van der Waals surface area contributed by atoms with Crippen LogP contribution < -0.4 is 5.32 Å². The summed E-state index contributed by atoms with van der Waals surface area (Å²) in [7, 11) is 0. The van der Waals surface area contributed by atoms with E-state index in [0.717, 1.165) is 25.2 Å². The van der Waals surface area contributed by atoms with Crippen LogP contribution in [0.4, 0.5) is 0 Å². The molecular formula is C12H19N3O. The van der Waals surface area contributed by atoms with E-state index in [4.69, 9.17) is 0 Å². The largest absolute Gasteiger partial charge is 0.349 e. The molecule has 1 aliphatic heterocycles. The molecule has 0 aromatic heterocycles. The topological polar surface area (TPSA) is 44.7 Å². The molecule has 0 bridgehead atoms. The number of nitrogens with one attached hydrogen (secondary N) is 1. The third-order valence-electron chi connectivity index (χ3n) is 2.55. The zero-order chi connectivity index (χ0) is 12.0. The first-order chi connectivity index (χ1) is 7.67. The van der Waals surface area contributed by atoms with Gasteiger partial charge in [0, 0.05) is 18.7 Å². The molecule has 0 radical (unpaired) electrons. The number of allylic oxidation sites excluding steroid dienone is 2. The van der Waals surface area contributed by atoms with Crippen LogP contribution in [0, 0.1) is 0 Å². The fraction of sp³-hybridized carbons (Fsp3) is 0.583. The van der Waals surface area contributed by atoms with Gasteiger partial charge in [0.1, 0.15) is 5.70 Å². The Labute approximate surface area is 96.7 Å². The number of carbonyl (C=O) groups is 1. The number of hydrogen-bond acceptors (Lipinski definition) is 3. The molecule has 0 saturated carbocycles. The smallest absolute Gasteiger partial charge is 0.270 e. The molecule has 1 aliphatic rings. The highest BCUT2D eigenvalue weighted by Gasteiger charge is 2.10. The molecule has 0 fully saturated rings. The molecule has 1 amide bonds. The molecule has 0 aliphatic carbocycles. The summed E-state index contributed by atoms with van der Waals surface area (Å²) in [6.45, 7) is 9.65. The summed E-state index contributed by atoms with van der Waals surface area (Å²) in [6.07, 6.45) is 1.74. The van der Waals surface area contributed by atoms with Crippen molar-refractivity contribution in [2.75, 3.05) is 26.2 Å². The van der Waals surface area contributed by atoms with Gasteiger partial charge < -0.3 is 10.2 Å². The molecule has 0 unspecified atom stereocenters. The first-order valence-electron chi connectivity index (χ1n) is 5.70. The lowest BCUT2D eigenvalue weighted by Gasteiger charge is -2.17. The molecule has 0 aromatic rings. The van der Waals surface area contributed by atoms with Gasteiger partial charge in [-0.25, -0.2) is 4.99 Å². The summed E-state index contributed by atoms with van der Waals surface area (Å²) in [5, 5.41) is 2.85. The predicted octanol–water partition coefficient (Wildman–Crippen LogP) is 0.958. The molecule has 1 rings (SSSR count). The van der Waals surface area contributed by atoms with Crippen LogP contribution in [0.15, 0.2) is 22.3 Å². The minimum Gasteiger partial charge on any atom is -0.349 e. The van der Waals surface area contributed by atoms with Crippen LogP contribution in [0.2, 0.25) is 0 Å². The normalized spacial score (nSPS) is 14.0. The summed E-state index contributed by atoms with van der Waals surface area (Å²) in [4.78, 5) is 17.8. The number of likely N-dealkylation sites (N-methyl/N-ethyl adjacent to an activating group) is 1. The lowest BCUT2D eigenvalue weighted by molar-refractivity contribution is -0.117. The Kier molecular flexibility index (Phi) is 4.96. The standard InChI is InChI=1S/C12H19N3O/c1-4-15(5-2)7-6-13-12(16)11-8-10(3)9-14-11/h8H,4-7H2,1-3H3,(H,13,16). The Morgan fingerprint density at radius 1 is 1.50 bits per heavy atom. The molecule has 88 valence electrons. The van der Waals surface area contributed by atoms with E-state index in [9.17, 15) is 4.79 Å². The summed E-state index contributed by atoms with van der Waals surface area (Å²) in [5.41, 5.74) is 1.35. The zero-order valence-electron chi connectivity index (χ0n) is 10.2. The Bertz CT molecular complexity index is 347. The van der Waals surface area contributed by atoms with Gasteiger partial charge in [-0.05, 0) is 32.0 Å². The summed E-state index contributed by atoms with van der Waals surface area (Å²) in [6, 6.07) is 0. The van der Waals surface area contributed by atoms with Crippen molar-refractivity contribution >= 4 is 11.8 Å². The number of aliphatic imine (C=N–C) groups is 1. The van der Waals surface area contributed by atoms with Gasteiger partial charge in [-0.1, -0.05) is 13.8 Å². The quantitative estimate of drug-likeness (QED) is 0.726. The lowest BCUT2D eigenvalue weighted by Crippen LogP contribution is -2.35. The minimum atomic E-state index is -0.114. The van der Waals surface area contributed by atoms with Crippen LogP contribution in [0.3, 0.4) is 0 Å². The van der Waals surface area contributed by atoms with E-state index in [1.807, 2.05) is 6.92 Å². The van der Waals surface area contributed by atoms with E-state index < -0.39 is 0 Å². The summed E-state index contributed by atoms with van der Waals surface area (Å²) < 4.78 is 0. The lowest BCUT2D eigenvalue weighted by atomic mass is 10.3. The Morgan fingerprint density at radius 3 is 2.69 bits per heavy atom. The third kappa shape index (κ3) is 3.65. The van der Waals surface area contributed by atoms with Gasteiger partial charge in [-0.3, -0.25) is 4.79 Å². The highest BCUT2D eigenvalue weighted by Crippen LogP contribution is 2.06. The van der Waals surface area contributed by atoms with E-state index in [1.165, 1.54) is 0 Å². The number of amides is 1. The Hall–Kier alpha value is -1.38. The van der Waals surface area contributed by atoms with Gasteiger partial charge in [-0.2, -0.15) is 0 Å². The van der Waals surface area contributed by atoms with E-state index in [2.05, 4.69) is 34.9 Å². The van der Waals surface area contributed by atoms with Crippen molar-refractivity contribution in [2.24, 2.45) is 4.99 Å². The van der Waals surface area contributed by atoms with Crippen LogP contribution in [0.1, 0.15) is 20.8 Å². The van der Waals surface area contributed by atoms with Crippen molar-refractivity contribution in [1.29, 1.82) is 0 Å². The van der Waals surface area contributed by atoms with E-state index in [1.54, 1.807) is 6.08 Å². The van der Waals surface area contributed by atoms with Crippen molar-refractivity contribution in [3.05, 3.63) is 17.3 Å². The minimum absolute atomic E-state index is 0.114. The highest BCUT2D eigenvalue weighted by molar-refractivity contribution is 5.97. The zero-order valence-corrected chi connectivity index (χ0v) is 10.2. The summed E-state index contributed by atoms with van der Waals surface area (Å²) in [5.74, 6) is 2.64. The number of rotatable bonds is 6. The molecule has 1 heterocycles. The van der Waals surface area contributed by atoms with Gasteiger partial charge in [0.2, 0.25) is 0 Å². The summed E-state index contributed by atoms with van der Waals surface area (Å²) >= 11 is 0. The van der Waals surface area contributed by atoms with Gasteiger partial charge in [0.05, 0.1) is 0 Å². The molecule has 16 heavy (non-hydrogen) atoms. The van der Waals surface area contributed by atoms with E-state index in [-0.39, 0.29) is 5.91 Å². The van der Waals surface area contributed by atoms with Gasteiger partial charge in [0.25, 0.3) is 5.91 Å². The molecule has 0 atom stereocenters. The van der Waals surface area contributed by atoms with Crippen molar-refractivity contribution < 1.29 is 4.79 Å². The SMILES string of the molecule is CCN(CC)CCNC(=O)C1=CC(C)=C=N1. The molecule has 4 heteroatoms. The number of nitrogens with zero attached hydrogens (tertiary/aromatic N) is 2. The van der Waals surface area contributed by atoms with Crippen molar-refractivity contribution in [3.63, 3.8) is 0 Å². The van der Waals surface area contributed by atoms with Gasteiger partial charge in [0.15, 0.2) is 0 Å². The van der Waals surface area contributed by atoms with Crippen molar-refractivity contribution in [1.82, 2.24) is 10.2 Å². The maximum Gasteiger partial charge on any atom is 0.270 e. The van der Waals surface area contributed by atoms with Crippen LogP contribution >= 0.6 is 0 Å². The first-order valence-corrected chi connectivity index (χ1v) is 5.70. The average Bonchev–Trinajstić information content (AvgIpc) is 2.71. The Balaban J connectivity index is 2.27. The predicted molar refractivity (Wildman–Crippen MR) is 65.5 cm³/mol. The fourth-order valence-electron chi connectivity index (χ4n) is 1.49. The monoisotopic (exact) mass is 221 g/mol. The second-order valence-corrected chi connectivity index (χ2v) is 3.72. The fourth-order valence-corrected chi connectivity index (χ4v) is 1.49. The third-order valence-corrected chi connectivity index (χ3v) is 2.55. The molecule has 0 spiro atoms. The average molecular weight is 221 g/mol.